The third kappa shape index (κ3) is 6.01. The number of amides is 1. The van der Waals surface area contributed by atoms with E-state index in [1.54, 1.807) is 12.1 Å². The van der Waals surface area contributed by atoms with E-state index in [1.807, 2.05) is 49.5 Å². The molecule has 1 heterocycles. The van der Waals surface area contributed by atoms with E-state index in [9.17, 15) is 9.59 Å². The molecule has 4 rings (SSSR count). The topological polar surface area (TPSA) is 79.3 Å². The molecule has 38 heavy (non-hydrogen) atoms. The summed E-state index contributed by atoms with van der Waals surface area (Å²) >= 11 is 12.8. The van der Waals surface area contributed by atoms with Gasteiger partial charge in [-0.25, -0.2) is 0 Å². The van der Waals surface area contributed by atoms with Gasteiger partial charge in [-0.1, -0.05) is 60.8 Å². The van der Waals surface area contributed by atoms with Crippen LogP contribution in [0.1, 0.15) is 71.1 Å². The van der Waals surface area contributed by atoms with Crippen molar-refractivity contribution in [2.24, 2.45) is 0 Å². The zero-order valence-electron chi connectivity index (χ0n) is 21.5. The van der Waals surface area contributed by atoms with Crippen molar-refractivity contribution in [3.63, 3.8) is 0 Å². The van der Waals surface area contributed by atoms with Crippen LogP contribution in [0.3, 0.4) is 0 Å². The average Bonchev–Trinajstić information content (AvgIpc) is 2.89. The fourth-order valence-electron chi connectivity index (χ4n) is 5.04. The van der Waals surface area contributed by atoms with E-state index < -0.39 is 17.9 Å². The number of pyridine rings is 1. The number of carboxylic acids is 1. The van der Waals surface area contributed by atoms with Crippen LogP contribution >= 0.6 is 23.2 Å². The second-order valence-corrected chi connectivity index (χ2v) is 10.5. The highest BCUT2D eigenvalue weighted by molar-refractivity contribution is 6.31. The molecular weight excluding hydrogens is 519 g/mol. The fraction of sp³-hybridized carbons (Fsp3) is 0.258. The van der Waals surface area contributed by atoms with E-state index in [0.29, 0.717) is 15.6 Å². The smallest absolute Gasteiger partial charge is 0.325 e. The molecule has 7 heteroatoms. The number of hydrogen-bond acceptors (Lipinski definition) is 3. The average molecular weight is 549 g/mol. The zero-order valence-corrected chi connectivity index (χ0v) is 23.1. The number of fused-ring (bicyclic) bond motifs is 1. The first-order chi connectivity index (χ1) is 18.2. The molecule has 4 aromatic rings. The Morgan fingerprint density at radius 2 is 1.61 bits per heavy atom. The zero-order chi connectivity index (χ0) is 27.4. The number of aliphatic carboxylic acids is 1. The molecule has 0 fully saturated rings. The van der Waals surface area contributed by atoms with E-state index in [1.165, 1.54) is 6.92 Å². The summed E-state index contributed by atoms with van der Waals surface area (Å²) in [4.78, 5) is 28.4. The third-order valence-electron chi connectivity index (χ3n) is 6.92. The Morgan fingerprint density at radius 1 is 0.947 bits per heavy atom. The van der Waals surface area contributed by atoms with Crippen LogP contribution in [0.2, 0.25) is 10.0 Å². The number of benzene rings is 3. The van der Waals surface area contributed by atoms with Gasteiger partial charge in [-0.05, 0) is 90.9 Å². The van der Waals surface area contributed by atoms with Crippen LogP contribution in [-0.2, 0) is 4.79 Å². The Balaban J connectivity index is 1.83. The number of carbonyl (C=O) groups is 2. The van der Waals surface area contributed by atoms with Crippen molar-refractivity contribution in [2.75, 3.05) is 0 Å². The Labute approximate surface area is 232 Å². The van der Waals surface area contributed by atoms with Crippen molar-refractivity contribution in [2.45, 2.75) is 51.5 Å². The number of nitrogens with zero attached hydrogens (tertiary/aromatic N) is 1. The van der Waals surface area contributed by atoms with Crippen molar-refractivity contribution in [1.29, 1.82) is 0 Å². The minimum Gasteiger partial charge on any atom is -0.480 e. The maximum atomic E-state index is 12.6. The maximum absolute atomic E-state index is 12.6. The molecule has 1 amide bonds. The molecule has 1 unspecified atom stereocenters. The number of nitrogens with one attached hydrogen (secondary N) is 1. The lowest BCUT2D eigenvalue weighted by Gasteiger charge is -2.30. The first kappa shape index (κ1) is 27.6. The van der Waals surface area contributed by atoms with E-state index in [2.05, 4.69) is 35.4 Å². The molecule has 5 nitrogen and oxygen atoms in total. The molecule has 2 N–H and O–H groups in total. The van der Waals surface area contributed by atoms with Gasteiger partial charge in [0, 0.05) is 33.1 Å². The van der Waals surface area contributed by atoms with Gasteiger partial charge in [0.15, 0.2) is 0 Å². The number of hydrogen-bond donors (Lipinski definition) is 2. The summed E-state index contributed by atoms with van der Waals surface area (Å²) in [5.41, 5.74) is 5.67. The number of aryl methyl sites for hydroxylation is 1. The number of rotatable bonds is 9. The highest BCUT2D eigenvalue weighted by atomic mass is 35.5. The van der Waals surface area contributed by atoms with Crippen LogP contribution in [0.15, 0.2) is 72.9 Å². The Bertz CT molecular complexity index is 1450. The molecule has 3 aromatic carbocycles. The molecular formula is C31H30Cl2N2O3. The highest BCUT2D eigenvalue weighted by Crippen LogP contribution is 2.44. The Kier molecular flexibility index (Phi) is 8.70. The largest absolute Gasteiger partial charge is 0.480 e. The quantitative estimate of drug-likeness (QED) is 0.224. The van der Waals surface area contributed by atoms with Gasteiger partial charge in [0.05, 0.1) is 5.52 Å². The summed E-state index contributed by atoms with van der Waals surface area (Å²) in [5.74, 6) is -1.44. The van der Waals surface area contributed by atoms with Gasteiger partial charge in [-0.3, -0.25) is 14.6 Å². The lowest BCUT2D eigenvalue weighted by Crippen LogP contribution is -2.38. The Morgan fingerprint density at radius 3 is 2.24 bits per heavy atom. The number of halogens is 2. The van der Waals surface area contributed by atoms with E-state index in [4.69, 9.17) is 28.3 Å². The second-order valence-electron chi connectivity index (χ2n) is 9.60. The van der Waals surface area contributed by atoms with E-state index in [0.717, 1.165) is 46.0 Å². The number of carbonyl (C=O) groups excluding carboxylic acids is 1. The molecule has 0 aliphatic carbocycles. The molecule has 196 valence electrons. The van der Waals surface area contributed by atoms with Gasteiger partial charge in [0.25, 0.3) is 5.91 Å². The number of aromatic nitrogens is 1. The van der Waals surface area contributed by atoms with E-state index in [-0.39, 0.29) is 11.8 Å². The van der Waals surface area contributed by atoms with Crippen molar-refractivity contribution in [1.82, 2.24) is 10.3 Å². The SMILES string of the molecule is CCCC(c1ccc(C(=O)N[C@@H](C)C(=O)O)cc1)[C@@H](c1ccc(Cl)cc1)c1ccnc2c(C)cc(Cl)cc12. The van der Waals surface area contributed by atoms with Crippen molar-refractivity contribution >= 4 is 46.0 Å². The summed E-state index contributed by atoms with van der Waals surface area (Å²) in [5, 5.41) is 14.0. The summed E-state index contributed by atoms with van der Waals surface area (Å²) < 4.78 is 0. The van der Waals surface area contributed by atoms with Gasteiger partial charge in [-0.2, -0.15) is 0 Å². The van der Waals surface area contributed by atoms with Gasteiger partial charge in [-0.15, -0.1) is 0 Å². The van der Waals surface area contributed by atoms with Gasteiger partial charge < -0.3 is 10.4 Å². The summed E-state index contributed by atoms with van der Waals surface area (Å²) in [6.07, 6.45) is 3.70. The predicted octanol–water partition coefficient (Wildman–Crippen LogP) is 7.77. The first-order valence-corrected chi connectivity index (χ1v) is 13.4. The molecule has 0 saturated heterocycles. The van der Waals surface area contributed by atoms with Crippen LogP contribution in [0.4, 0.5) is 0 Å². The van der Waals surface area contributed by atoms with Gasteiger partial charge in [0.1, 0.15) is 6.04 Å². The standard InChI is InChI=1S/C31H30Cl2N2O3/c1-4-5-25(20-6-8-22(9-7-20)30(36)35-19(3)31(37)38)28(21-10-12-23(32)13-11-21)26-14-15-34-29-18(2)16-24(33)17-27(26)29/h6-17,19,25,28H,4-5H2,1-3H3,(H,35,36)(H,37,38)/t19-,25?,28+/m0/s1. The molecule has 0 spiro atoms. The minimum atomic E-state index is -1.08. The second kappa shape index (κ2) is 12.0. The van der Waals surface area contributed by atoms with Crippen LogP contribution in [0, 0.1) is 6.92 Å². The lowest BCUT2D eigenvalue weighted by molar-refractivity contribution is -0.138. The van der Waals surface area contributed by atoms with Crippen LogP contribution in [-0.4, -0.2) is 28.0 Å². The molecule has 0 radical (unpaired) electrons. The minimum absolute atomic E-state index is 0.0257. The summed E-state index contributed by atoms with van der Waals surface area (Å²) in [6.45, 7) is 5.61. The van der Waals surface area contributed by atoms with Crippen molar-refractivity contribution in [3.05, 3.63) is 111 Å². The summed E-state index contributed by atoms with van der Waals surface area (Å²) in [6, 6.07) is 20.4. The van der Waals surface area contributed by atoms with Crippen molar-refractivity contribution in [3.8, 4) is 0 Å². The molecule has 0 aliphatic rings. The fourth-order valence-corrected chi connectivity index (χ4v) is 5.44. The first-order valence-electron chi connectivity index (χ1n) is 12.6. The van der Waals surface area contributed by atoms with Crippen molar-refractivity contribution < 1.29 is 14.7 Å². The van der Waals surface area contributed by atoms with Gasteiger partial charge in [0.2, 0.25) is 0 Å². The Hall–Kier alpha value is -3.41. The molecule has 0 bridgehead atoms. The lowest BCUT2D eigenvalue weighted by atomic mass is 9.74. The van der Waals surface area contributed by atoms with E-state index >= 15 is 0 Å². The predicted molar refractivity (Wildman–Crippen MR) is 153 cm³/mol. The molecule has 0 aliphatic heterocycles. The molecule has 3 atom stereocenters. The third-order valence-corrected chi connectivity index (χ3v) is 7.39. The number of carboxylic acid groups (broad SMARTS) is 1. The monoisotopic (exact) mass is 548 g/mol. The maximum Gasteiger partial charge on any atom is 0.325 e. The van der Waals surface area contributed by atoms with Crippen LogP contribution < -0.4 is 5.32 Å². The van der Waals surface area contributed by atoms with Crippen LogP contribution in [0.25, 0.3) is 10.9 Å². The van der Waals surface area contributed by atoms with Gasteiger partial charge >= 0.3 is 5.97 Å². The summed E-state index contributed by atoms with van der Waals surface area (Å²) in [7, 11) is 0. The molecule has 1 aromatic heterocycles. The normalized spacial score (nSPS) is 13.6. The molecule has 0 saturated carbocycles. The van der Waals surface area contributed by atoms with Crippen LogP contribution in [0.5, 0.6) is 0 Å². The highest BCUT2D eigenvalue weighted by Gasteiger charge is 2.28.